The Morgan fingerprint density at radius 1 is 1.39 bits per heavy atom. The van der Waals surface area contributed by atoms with Gasteiger partial charge in [0.15, 0.2) is 0 Å². The van der Waals surface area contributed by atoms with Crippen molar-refractivity contribution in [3.63, 3.8) is 0 Å². The van der Waals surface area contributed by atoms with E-state index >= 15 is 0 Å². The van der Waals surface area contributed by atoms with E-state index in [1.807, 2.05) is 13.0 Å². The average Bonchev–Trinajstić information content (AvgIpc) is 2.96. The molecule has 0 saturated carbocycles. The monoisotopic (exact) mass is 265 g/mol. The Labute approximate surface area is 111 Å². The van der Waals surface area contributed by atoms with Crippen LogP contribution in [0, 0.1) is 0 Å². The Morgan fingerprint density at radius 2 is 2.11 bits per heavy atom. The van der Waals surface area contributed by atoms with Crippen LogP contribution in [0.4, 0.5) is 0 Å². The molecule has 0 bridgehead atoms. The molecule has 1 N–H and O–H groups in total. The Bertz CT molecular complexity index is 524. The quantitative estimate of drug-likeness (QED) is 0.928. The lowest BCUT2D eigenvalue weighted by atomic mass is 9.95. The SMILES string of the molecule is CCn1nncc1C(O)c1ccc(C(C)(C)C)s1. The smallest absolute Gasteiger partial charge is 0.131 e. The molecule has 1 atom stereocenters. The molecule has 2 rings (SSSR count). The number of hydrogen-bond donors (Lipinski definition) is 1. The third-order valence-corrected chi connectivity index (χ3v) is 4.43. The molecule has 2 heterocycles. The minimum atomic E-state index is -0.638. The molecule has 0 aliphatic carbocycles. The number of aliphatic hydroxyl groups excluding tert-OH is 1. The van der Waals surface area contributed by atoms with Crippen LogP contribution in [0.5, 0.6) is 0 Å². The lowest BCUT2D eigenvalue weighted by molar-refractivity contribution is 0.212. The van der Waals surface area contributed by atoms with Crippen molar-refractivity contribution in [1.82, 2.24) is 15.0 Å². The van der Waals surface area contributed by atoms with Crippen LogP contribution in [0.15, 0.2) is 18.3 Å². The lowest BCUT2D eigenvalue weighted by Crippen LogP contribution is -2.09. The minimum Gasteiger partial charge on any atom is -0.381 e. The van der Waals surface area contributed by atoms with Crippen LogP contribution in [-0.4, -0.2) is 20.1 Å². The molecule has 0 amide bonds. The molecule has 0 fully saturated rings. The first-order chi connectivity index (χ1) is 8.43. The summed E-state index contributed by atoms with van der Waals surface area (Å²) in [6.07, 6.45) is 0.992. The fraction of sp³-hybridized carbons (Fsp3) is 0.538. The third kappa shape index (κ3) is 2.47. The molecule has 4 nitrogen and oxygen atoms in total. The van der Waals surface area contributed by atoms with Crippen molar-refractivity contribution in [2.75, 3.05) is 0 Å². The van der Waals surface area contributed by atoms with Crippen molar-refractivity contribution < 1.29 is 5.11 Å². The van der Waals surface area contributed by atoms with Crippen molar-refractivity contribution in [2.45, 2.75) is 45.8 Å². The van der Waals surface area contributed by atoms with Crippen LogP contribution in [0.1, 0.15) is 49.2 Å². The van der Waals surface area contributed by atoms with E-state index in [1.54, 1.807) is 22.2 Å². The summed E-state index contributed by atoms with van der Waals surface area (Å²) in [5.74, 6) is 0. The summed E-state index contributed by atoms with van der Waals surface area (Å²) in [7, 11) is 0. The van der Waals surface area contributed by atoms with Crippen LogP contribution in [0.3, 0.4) is 0 Å². The molecule has 2 aromatic rings. The molecular formula is C13H19N3OS. The van der Waals surface area contributed by atoms with Gasteiger partial charge in [-0.15, -0.1) is 16.4 Å². The second-order valence-electron chi connectivity index (χ2n) is 5.33. The highest BCUT2D eigenvalue weighted by molar-refractivity contribution is 7.12. The number of hydrogen-bond acceptors (Lipinski definition) is 4. The van der Waals surface area contributed by atoms with E-state index in [0.717, 1.165) is 10.6 Å². The number of aliphatic hydroxyl groups is 1. The summed E-state index contributed by atoms with van der Waals surface area (Å²) in [5, 5.41) is 18.2. The van der Waals surface area contributed by atoms with Gasteiger partial charge < -0.3 is 5.11 Å². The second-order valence-corrected chi connectivity index (χ2v) is 6.44. The first-order valence-electron chi connectivity index (χ1n) is 6.10. The first-order valence-corrected chi connectivity index (χ1v) is 6.91. The molecule has 98 valence electrons. The maximum atomic E-state index is 10.4. The van der Waals surface area contributed by atoms with Crippen molar-refractivity contribution in [1.29, 1.82) is 0 Å². The molecule has 18 heavy (non-hydrogen) atoms. The van der Waals surface area contributed by atoms with Gasteiger partial charge in [0.05, 0.1) is 11.9 Å². The van der Waals surface area contributed by atoms with Crippen LogP contribution < -0.4 is 0 Å². The number of nitrogens with zero attached hydrogens (tertiary/aromatic N) is 3. The number of aryl methyl sites for hydroxylation is 1. The van der Waals surface area contributed by atoms with E-state index in [2.05, 4.69) is 37.1 Å². The Hall–Kier alpha value is -1.20. The first kappa shape index (κ1) is 13.2. The van der Waals surface area contributed by atoms with Gasteiger partial charge in [-0.25, -0.2) is 4.68 Å². The van der Waals surface area contributed by atoms with Crippen molar-refractivity contribution >= 4 is 11.3 Å². The highest BCUT2D eigenvalue weighted by Gasteiger charge is 2.21. The van der Waals surface area contributed by atoms with E-state index < -0.39 is 6.10 Å². The van der Waals surface area contributed by atoms with Crippen LogP contribution in [0.25, 0.3) is 0 Å². The molecule has 0 aliphatic heterocycles. The lowest BCUT2D eigenvalue weighted by Gasteiger charge is -2.15. The van der Waals surface area contributed by atoms with Gasteiger partial charge in [-0.1, -0.05) is 26.0 Å². The average molecular weight is 265 g/mol. The number of thiophene rings is 1. The maximum Gasteiger partial charge on any atom is 0.131 e. The van der Waals surface area contributed by atoms with Crippen LogP contribution >= 0.6 is 11.3 Å². The minimum absolute atomic E-state index is 0.117. The fourth-order valence-corrected chi connectivity index (χ4v) is 2.84. The van der Waals surface area contributed by atoms with E-state index in [-0.39, 0.29) is 5.41 Å². The van der Waals surface area contributed by atoms with Gasteiger partial charge in [0.25, 0.3) is 0 Å². The maximum absolute atomic E-state index is 10.4. The molecule has 0 aliphatic rings. The molecule has 0 saturated heterocycles. The molecule has 0 spiro atoms. The van der Waals surface area contributed by atoms with E-state index in [1.165, 1.54) is 4.88 Å². The molecule has 0 aromatic carbocycles. The Morgan fingerprint density at radius 3 is 2.67 bits per heavy atom. The van der Waals surface area contributed by atoms with Gasteiger partial charge in [0.1, 0.15) is 6.10 Å². The number of rotatable bonds is 3. The Kier molecular flexibility index (Phi) is 3.54. The van der Waals surface area contributed by atoms with Gasteiger partial charge in [-0.2, -0.15) is 0 Å². The summed E-state index contributed by atoms with van der Waals surface area (Å²) < 4.78 is 1.72. The zero-order valence-corrected chi connectivity index (χ0v) is 12.0. The van der Waals surface area contributed by atoms with E-state index in [4.69, 9.17) is 0 Å². The predicted molar refractivity (Wildman–Crippen MR) is 72.8 cm³/mol. The van der Waals surface area contributed by atoms with Crippen LogP contribution in [-0.2, 0) is 12.0 Å². The second kappa shape index (κ2) is 4.82. The standard InChI is InChI=1S/C13H19N3OS/c1-5-16-9(8-14-15-16)12(17)10-6-7-11(18-10)13(2,3)4/h6-8,12,17H,5H2,1-4H3. The Balaban J connectivity index is 2.29. The van der Waals surface area contributed by atoms with Gasteiger partial charge in [-0.3, -0.25) is 0 Å². The van der Waals surface area contributed by atoms with Gasteiger partial charge in [-0.05, 0) is 24.5 Å². The molecular weight excluding hydrogens is 246 g/mol. The predicted octanol–water partition coefficient (Wildman–Crippen LogP) is 2.74. The summed E-state index contributed by atoms with van der Waals surface area (Å²) in [4.78, 5) is 2.21. The third-order valence-electron chi connectivity index (χ3n) is 2.86. The summed E-state index contributed by atoms with van der Waals surface area (Å²) >= 11 is 1.65. The van der Waals surface area contributed by atoms with Crippen LogP contribution in [0.2, 0.25) is 0 Å². The van der Waals surface area contributed by atoms with Gasteiger partial charge in [0.2, 0.25) is 0 Å². The fourth-order valence-electron chi connectivity index (χ4n) is 1.77. The summed E-state index contributed by atoms with van der Waals surface area (Å²) in [5.41, 5.74) is 0.867. The summed E-state index contributed by atoms with van der Waals surface area (Å²) in [6, 6.07) is 4.08. The van der Waals surface area contributed by atoms with Crippen molar-refractivity contribution in [3.05, 3.63) is 33.8 Å². The molecule has 0 radical (unpaired) electrons. The highest BCUT2D eigenvalue weighted by atomic mass is 32.1. The topological polar surface area (TPSA) is 50.9 Å². The molecule has 5 heteroatoms. The zero-order chi connectivity index (χ0) is 13.3. The van der Waals surface area contributed by atoms with Gasteiger partial charge >= 0.3 is 0 Å². The molecule has 1 unspecified atom stereocenters. The number of aromatic nitrogens is 3. The summed E-state index contributed by atoms with van der Waals surface area (Å²) in [6.45, 7) is 9.22. The largest absolute Gasteiger partial charge is 0.381 e. The zero-order valence-electron chi connectivity index (χ0n) is 11.2. The van der Waals surface area contributed by atoms with E-state index in [9.17, 15) is 5.11 Å². The van der Waals surface area contributed by atoms with Crippen molar-refractivity contribution in [2.24, 2.45) is 0 Å². The highest BCUT2D eigenvalue weighted by Crippen LogP contribution is 2.34. The normalized spacial score (nSPS) is 13.8. The molecule has 2 aromatic heterocycles. The van der Waals surface area contributed by atoms with Gasteiger partial charge in [0, 0.05) is 16.3 Å². The van der Waals surface area contributed by atoms with Crippen molar-refractivity contribution in [3.8, 4) is 0 Å². The van der Waals surface area contributed by atoms with E-state index in [0.29, 0.717) is 6.54 Å².